The largest absolute Gasteiger partial charge is 0.465 e. The standard InChI is InChI=1S/C16H22ClNO2/c1-10-4-6-14(11(2)8-10)18-15-7-5-12(17)9-13(15)16(19)20-3/h5,7,9-11,14,18H,4,6,8H2,1-3H3. The van der Waals surface area contributed by atoms with Crippen LogP contribution in [-0.2, 0) is 4.74 Å². The molecule has 3 nitrogen and oxygen atoms in total. The Morgan fingerprint density at radius 1 is 1.35 bits per heavy atom. The van der Waals surface area contributed by atoms with Crippen molar-refractivity contribution in [1.29, 1.82) is 0 Å². The van der Waals surface area contributed by atoms with E-state index in [2.05, 4.69) is 19.2 Å². The lowest BCUT2D eigenvalue weighted by Crippen LogP contribution is -2.33. The average Bonchev–Trinajstić information content (AvgIpc) is 2.42. The number of hydrogen-bond acceptors (Lipinski definition) is 3. The molecule has 1 N–H and O–H groups in total. The number of carbonyl (C=O) groups excluding carboxylic acids is 1. The Hall–Kier alpha value is -1.22. The van der Waals surface area contributed by atoms with E-state index in [4.69, 9.17) is 16.3 Å². The molecule has 1 aromatic rings. The van der Waals surface area contributed by atoms with Gasteiger partial charge in [-0.1, -0.05) is 25.4 Å². The number of carbonyl (C=O) groups is 1. The van der Waals surface area contributed by atoms with Gasteiger partial charge in [0.2, 0.25) is 0 Å². The van der Waals surface area contributed by atoms with Crippen LogP contribution in [0.5, 0.6) is 0 Å². The van der Waals surface area contributed by atoms with Gasteiger partial charge in [-0.3, -0.25) is 0 Å². The summed E-state index contributed by atoms with van der Waals surface area (Å²) in [6.45, 7) is 4.57. The van der Waals surface area contributed by atoms with E-state index in [1.54, 1.807) is 12.1 Å². The zero-order chi connectivity index (χ0) is 14.7. The lowest BCUT2D eigenvalue weighted by Gasteiger charge is -2.34. The fourth-order valence-corrected chi connectivity index (χ4v) is 3.17. The second-order valence-corrected chi connectivity index (χ2v) is 6.26. The first-order chi connectivity index (χ1) is 9.51. The van der Waals surface area contributed by atoms with E-state index < -0.39 is 0 Å². The molecule has 1 aliphatic carbocycles. The van der Waals surface area contributed by atoms with Gasteiger partial charge in [-0.2, -0.15) is 0 Å². The minimum Gasteiger partial charge on any atom is -0.465 e. The molecule has 110 valence electrons. The van der Waals surface area contributed by atoms with E-state index >= 15 is 0 Å². The van der Waals surface area contributed by atoms with Gasteiger partial charge < -0.3 is 10.1 Å². The fourth-order valence-electron chi connectivity index (χ4n) is 3.00. The van der Waals surface area contributed by atoms with Gasteiger partial charge >= 0.3 is 5.97 Å². The van der Waals surface area contributed by atoms with Crippen LogP contribution in [0.3, 0.4) is 0 Å². The molecule has 0 amide bonds. The van der Waals surface area contributed by atoms with Crippen molar-refractivity contribution in [2.45, 2.75) is 39.2 Å². The summed E-state index contributed by atoms with van der Waals surface area (Å²) in [5.41, 5.74) is 1.32. The van der Waals surface area contributed by atoms with E-state index in [1.165, 1.54) is 20.0 Å². The molecule has 2 rings (SSSR count). The highest BCUT2D eigenvalue weighted by atomic mass is 35.5. The van der Waals surface area contributed by atoms with Crippen LogP contribution in [0.2, 0.25) is 5.02 Å². The second kappa shape index (κ2) is 6.49. The molecule has 4 heteroatoms. The van der Waals surface area contributed by atoms with Crippen LogP contribution in [0, 0.1) is 11.8 Å². The number of hydrogen-bond donors (Lipinski definition) is 1. The molecule has 0 aliphatic heterocycles. The van der Waals surface area contributed by atoms with Crippen LogP contribution >= 0.6 is 11.6 Å². The van der Waals surface area contributed by atoms with Crippen LogP contribution in [0.15, 0.2) is 18.2 Å². The maximum absolute atomic E-state index is 11.8. The number of ether oxygens (including phenoxy) is 1. The summed E-state index contributed by atoms with van der Waals surface area (Å²) in [6.07, 6.45) is 3.58. The molecule has 1 saturated carbocycles. The van der Waals surface area contributed by atoms with E-state index in [0.717, 1.165) is 18.0 Å². The average molecular weight is 296 g/mol. The van der Waals surface area contributed by atoms with Gasteiger partial charge in [0, 0.05) is 16.8 Å². The van der Waals surface area contributed by atoms with Crippen molar-refractivity contribution < 1.29 is 9.53 Å². The molecule has 1 aliphatic rings. The second-order valence-electron chi connectivity index (χ2n) is 5.83. The highest BCUT2D eigenvalue weighted by Crippen LogP contribution is 2.32. The van der Waals surface area contributed by atoms with Crippen LogP contribution in [0.4, 0.5) is 5.69 Å². The Kier molecular flexibility index (Phi) is 4.92. The monoisotopic (exact) mass is 295 g/mol. The van der Waals surface area contributed by atoms with Crippen molar-refractivity contribution >= 4 is 23.3 Å². The molecule has 0 saturated heterocycles. The summed E-state index contributed by atoms with van der Waals surface area (Å²) < 4.78 is 4.83. The molecule has 20 heavy (non-hydrogen) atoms. The van der Waals surface area contributed by atoms with Gasteiger partial charge in [-0.25, -0.2) is 4.79 Å². The first-order valence-electron chi connectivity index (χ1n) is 7.15. The minimum atomic E-state index is -0.355. The fraction of sp³-hybridized carbons (Fsp3) is 0.562. The molecular formula is C16H22ClNO2. The number of nitrogens with one attached hydrogen (secondary N) is 1. The number of rotatable bonds is 3. The Balaban J connectivity index is 2.18. The van der Waals surface area contributed by atoms with E-state index in [0.29, 0.717) is 22.5 Å². The van der Waals surface area contributed by atoms with E-state index in [1.807, 2.05) is 6.07 Å². The topological polar surface area (TPSA) is 38.3 Å². The lowest BCUT2D eigenvalue weighted by molar-refractivity contribution is 0.0601. The smallest absolute Gasteiger partial charge is 0.340 e. The Morgan fingerprint density at radius 2 is 2.10 bits per heavy atom. The van der Waals surface area contributed by atoms with Gasteiger partial charge in [0.25, 0.3) is 0 Å². The number of benzene rings is 1. The summed E-state index contributed by atoms with van der Waals surface area (Å²) in [7, 11) is 1.39. The maximum atomic E-state index is 11.8. The summed E-state index contributed by atoms with van der Waals surface area (Å²) in [6, 6.07) is 5.72. The molecule has 1 fully saturated rings. The summed E-state index contributed by atoms with van der Waals surface area (Å²) in [4.78, 5) is 11.8. The number of halogens is 1. The zero-order valence-electron chi connectivity index (χ0n) is 12.3. The van der Waals surface area contributed by atoms with Crippen molar-refractivity contribution in [1.82, 2.24) is 0 Å². The van der Waals surface area contributed by atoms with Gasteiger partial charge in [-0.05, 0) is 49.3 Å². The first kappa shape index (κ1) is 15.2. The molecule has 0 radical (unpaired) electrons. The Bertz CT molecular complexity index is 489. The third-order valence-corrected chi connectivity index (χ3v) is 4.39. The predicted molar refractivity (Wildman–Crippen MR) is 82.4 cm³/mol. The van der Waals surface area contributed by atoms with Crippen molar-refractivity contribution in [3.8, 4) is 0 Å². The SMILES string of the molecule is COC(=O)c1cc(Cl)ccc1NC1CCC(C)CC1C. The maximum Gasteiger partial charge on any atom is 0.340 e. The van der Waals surface area contributed by atoms with Crippen LogP contribution < -0.4 is 5.32 Å². The Morgan fingerprint density at radius 3 is 2.75 bits per heavy atom. The third kappa shape index (κ3) is 3.45. The molecular weight excluding hydrogens is 274 g/mol. The predicted octanol–water partition coefficient (Wildman–Crippen LogP) is 4.36. The van der Waals surface area contributed by atoms with Crippen LogP contribution in [0.1, 0.15) is 43.5 Å². The van der Waals surface area contributed by atoms with E-state index in [-0.39, 0.29) is 5.97 Å². The molecule has 0 spiro atoms. The van der Waals surface area contributed by atoms with Crippen molar-refractivity contribution in [3.63, 3.8) is 0 Å². The zero-order valence-corrected chi connectivity index (χ0v) is 13.0. The first-order valence-corrected chi connectivity index (χ1v) is 7.53. The highest BCUT2D eigenvalue weighted by Gasteiger charge is 2.26. The molecule has 3 atom stereocenters. The van der Waals surface area contributed by atoms with Gasteiger partial charge in [0.05, 0.1) is 12.7 Å². The normalized spacial score (nSPS) is 26.1. The molecule has 0 aromatic heterocycles. The van der Waals surface area contributed by atoms with Crippen molar-refractivity contribution in [2.24, 2.45) is 11.8 Å². The lowest BCUT2D eigenvalue weighted by atomic mass is 9.80. The molecule has 0 heterocycles. The molecule has 0 bridgehead atoms. The molecule has 1 aromatic carbocycles. The summed E-state index contributed by atoms with van der Waals surface area (Å²) in [5, 5.41) is 4.05. The number of esters is 1. The van der Waals surface area contributed by atoms with Gasteiger partial charge in [-0.15, -0.1) is 0 Å². The van der Waals surface area contributed by atoms with Crippen molar-refractivity contribution in [3.05, 3.63) is 28.8 Å². The van der Waals surface area contributed by atoms with Crippen molar-refractivity contribution in [2.75, 3.05) is 12.4 Å². The molecule has 3 unspecified atom stereocenters. The van der Waals surface area contributed by atoms with Gasteiger partial charge in [0.1, 0.15) is 0 Å². The van der Waals surface area contributed by atoms with E-state index in [9.17, 15) is 4.79 Å². The van der Waals surface area contributed by atoms with Gasteiger partial charge in [0.15, 0.2) is 0 Å². The van der Waals surface area contributed by atoms with Crippen LogP contribution in [-0.4, -0.2) is 19.1 Å². The van der Waals surface area contributed by atoms with Crippen LogP contribution in [0.25, 0.3) is 0 Å². The third-order valence-electron chi connectivity index (χ3n) is 4.16. The number of methoxy groups -OCH3 is 1. The highest BCUT2D eigenvalue weighted by molar-refractivity contribution is 6.31. The minimum absolute atomic E-state index is 0.355. The summed E-state index contributed by atoms with van der Waals surface area (Å²) >= 11 is 5.97. The summed E-state index contributed by atoms with van der Waals surface area (Å²) in [5.74, 6) is 1.03. The Labute approximate surface area is 125 Å². The quantitative estimate of drug-likeness (QED) is 0.842. The number of anilines is 1.